The van der Waals surface area contributed by atoms with Crippen molar-refractivity contribution in [2.75, 3.05) is 44.2 Å². The Morgan fingerprint density at radius 1 is 1.03 bits per heavy atom. The summed E-state index contributed by atoms with van der Waals surface area (Å²) in [6.07, 6.45) is 8.21. The zero-order valence-corrected chi connectivity index (χ0v) is 18.6. The molecule has 0 bridgehead atoms. The molecule has 2 aromatic rings. The van der Waals surface area contributed by atoms with Crippen LogP contribution in [0.2, 0.25) is 0 Å². The third-order valence-corrected chi connectivity index (χ3v) is 7.16. The van der Waals surface area contributed by atoms with Crippen LogP contribution in [0.4, 0.5) is 5.82 Å². The van der Waals surface area contributed by atoms with Gasteiger partial charge in [-0.15, -0.1) is 21.5 Å². The number of anilines is 1. The summed E-state index contributed by atoms with van der Waals surface area (Å²) in [4.78, 5) is 18.5. The molecule has 0 atom stereocenters. The molecule has 0 saturated carbocycles. The molecule has 0 unspecified atom stereocenters. The fourth-order valence-electron chi connectivity index (χ4n) is 4.44. The maximum Gasteiger partial charge on any atom is 0.223 e. The van der Waals surface area contributed by atoms with Crippen LogP contribution in [0.1, 0.15) is 44.9 Å². The molecular formula is C23H33N5OS. The number of rotatable bonds is 7. The van der Waals surface area contributed by atoms with E-state index in [0.717, 1.165) is 61.8 Å². The van der Waals surface area contributed by atoms with Gasteiger partial charge in [0.15, 0.2) is 5.82 Å². The van der Waals surface area contributed by atoms with Gasteiger partial charge in [-0.1, -0.05) is 18.9 Å². The van der Waals surface area contributed by atoms with Crippen LogP contribution < -0.4 is 10.2 Å². The van der Waals surface area contributed by atoms with Gasteiger partial charge in [0.1, 0.15) is 5.69 Å². The zero-order chi connectivity index (χ0) is 20.6. The highest BCUT2D eigenvalue weighted by Gasteiger charge is 2.25. The smallest absolute Gasteiger partial charge is 0.223 e. The molecular weight excluding hydrogens is 394 g/mol. The molecule has 2 aliphatic heterocycles. The molecule has 1 amide bonds. The van der Waals surface area contributed by atoms with Gasteiger partial charge in [-0.05, 0) is 75.3 Å². The minimum absolute atomic E-state index is 0.123. The fraction of sp³-hybridized carbons (Fsp3) is 0.609. The first-order valence-electron chi connectivity index (χ1n) is 11.4. The zero-order valence-electron chi connectivity index (χ0n) is 17.8. The average Bonchev–Trinajstić information content (AvgIpc) is 3.21. The van der Waals surface area contributed by atoms with Crippen molar-refractivity contribution in [3.8, 4) is 10.6 Å². The molecule has 0 aliphatic carbocycles. The van der Waals surface area contributed by atoms with E-state index in [4.69, 9.17) is 0 Å². The Morgan fingerprint density at radius 3 is 2.50 bits per heavy atom. The number of likely N-dealkylation sites (tertiary alicyclic amines) is 1. The van der Waals surface area contributed by atoms with E-state index in [9.17, 15) is 4.79 Å². The first kappa shape index (κ1) is 21.2. The summed E-state index contributed by atoms with van der Waals surface area (Å²) in [5, 5.41) is 14.0. The van der Waals surface area contributed by atoms with Gasteiger partial charge in [-0.25, -0.2) is 0 Å². The lowest BCUT2D eigenvalue weighted by atomic mass is 9.96. The van der Waals surface area contributed by atoms with Crippen LogP contribution in [0.5, 0.6) is 0 Å². The van der Waals surface area contributed by atoms with Crippen LogP contribution in [0.25, 0.3) is 10.6 Å². The Hall–Kier alpha value is -1.99. The van der Waals surface area contributed by atoms with Gasteiger partial charge in [-0.3, -0.25) is 4.79 Å². The summed E-state index contributed by atoms with van der Waals surface area (Å²) in [5.41, 5.74) is 0.920. The van der Waals surface area contributed by atoms with Crippen molar-refractivity contribution in [1.82, 2.24) is 20.4 Å². The van der Waals surface area contributed by atoms with E-state index in [1.807, 2.05) is 18.2 Å². The van der Waals surface area contributed by atoms with Gasteiger partial charge in [0.2, 0.25) is 5.91 Å². The van der Waals surface area contributed by atoms with Crippen molar-refractivity contribution >= 4 is 23.1 Å². The lowest BCUT2D eigenvalue weighted by molar-refractivity contribution is -0.125. The minimum Gasteiger partial charge on any atom is -0.356 e. The van der Waals surface area contributed by atoms with E-state index in [1.165, 1.54) is 38.8 Å². The van der Waals surface area contributed by atoms with Crippen molar-refractivity contribution in [1.29, 1.82) is 0 Å². The number of nitrogens with one attached hydrogen (secondary N) is 1. The third-order valence-electron chi connectivity index (χ3n) is 6.26. The summed E-state index contributed by atoms with van der Waals surface area (Å²) in [7, 11) is 0. The lowest BCUT2D eigenvalue weighted by Gasteiger charge is -2.31. The molecule has 2 aliphatic rings. The molecule has 0 aromatic carbocycles. The number of thiophene rings is 1. The van der Waals surface area contributed by atoms with Crippen molar-refractivity contribution < 1.29 is 4.79 Å². The minimum atomic E-state index is 0.123. The van der Waals surface area contributed by atoms with Crippen molar-refractivity contribution in [3.05, 3.63) is 29.6 Å². The van der Waals surface area contributed by atoms with Gasteiger partial charge in [0.05, 0.1) is 4.88 Å². The molecule has 162 valence electrons. The third kappa shape index (κ3) is 5.79. The average molecular weight is 428 g/mol. The van der Waals surface area contributed by atoms with Gasteiger partial charge < -0.3 is 15.1 Å². The van der Waals surface area contributed by atoms with Gasteiger partial charge >= 0.3 is 0 Å². The predicted molar refractivity (Wildman–Crippen MR) is 123 cm³/mol. The second kappa shape index (κ2) is 10.9. The van der Waals surface area contributed by atoms with E-state index in [1.54, 1.807) is 11.3 Å². The summed E-state index contributed by atoms with van der Waals surface area (Å²) >= 11 is 1.67. The number of amides is 1. The molecule has 2 aromatic heterocycles. The second-order valence-electron chi connectivity index (χ2n) is 8.42. The second-order valence-corrected chi connectivity index (χ2v) is 9.36. The van der Waals surface area contributed by atoms with Crippen LogP contribution in [0, 0.1) is 5.92 Å². The Kier molecular flexibility index (Phi) is 7.70. The van der Waals surface area contributed by atoms with E-state index in [2.05, 4.69) is 36.8 Å². The first-order chi connectivity index (χ1) is 14.8. The molecule has 0 radical (unpaired) electrons. The maximum absolute atomic E-state index is 12.6. The van der Waals surface area contributed by atoms with Crippen LogP contribution >= 0.6 is 11.3 Å². The summed E-state index contributed by atoms with van der Waals surface area (Å²) < 4.78 is 0. The molecule has 2 fully saturated rings. The predicted octanol–water partition coefficient (Wildman–Crippen LogP) is 3.80. The number of carbonyl (C=O) groups is 1. The van der Waals surface area contributed by atoms with E-state index < -0.39 is 0 Å². The first-order valence-corrected chi connectivity index (χ1v) is 12.3. The van der Waals surface area contributed by atoms with Crippen molar-refractivity contribution in [2.45, 2.75) is 44.9 Å². The highest BCUT2D eigenvalue weighted by atomic mass is 32.1. The molecule has 0 spiro atoms. The number of hydrogen-bond donors (Lipinski definition) is 1. The maximum atomic E-state index is 12.6. The number of aromatic nitrogens is 2. The molecule has 2 saturated heterocycles. The summed E-state index contributed by atoms with van der Waals surface area (Å²) in [5.74, 6) is 1.26. The summed E-state index contributed by atoms with van der Waals surface area (Å²) in [6, 6.07) is 8.18. The highest BCUT2D eigenvalue weighted by molar-refractivity contribution is 7.13. The van der Waals surface area contributed by atoms with Crippen molar-refractivity contribution in [3.63, 3.8) is 0 Å². The number of nitrogens with zero attached hydrogens (tertiary/aromatic N) is 4. The van der Waals surface area contributed by atoms with E-state index in [0.29, 0.717) is 0 Å². The van der Waals surface area contributed by atoms with Crippen LogP contribution in [0.3, 0.4) is 0 Å². The van der Waals surface area contributed by atoms with Gasteiger partial charge in [0, 0.05) is 25.6 Å². The van der Waals surface area contributed by atoms with E-state index in [-0.39, 0.29) is 11.8 Å². The SMILES string of the molecule is O=C(NCCCN1CCCCCC1)C1CCN(c2ccc(-c3cccs3)nn2)CC1. The largest absolute Gasteiger partial charge is 0.356 e. The highest BCUT2D eigenvalue weighted by Crippen LogP contribution is 2.25. The molecule has 1 N–H and O–H groups in total. The molecule has 4 heterocycles. The number of hydrogen-bond acceptors (Lipinski definition) is 6. The molecule has 6 nitrogen and oxygen atoms in total. The molecule has 4 rings (SSSR count). The van der Waals surface area contributed by atoms with Crippen molar-refractivity contribution in [2.24, 2.45) is 5.92 Å². The quantitative estimate of drug-likeness (QED) is 0.681. The normalized spacial score (nSPS) is 18.9. The van der Waals surface area contributed by atoms with E-state index >= 15 is 0 Å². The lowest BCUT2D eigenvalue weighted by Crippen LogP contribution is -2.41. The monoisotopic (exact) mass is 427 g/mol. The number of piperidine rings is 1. The van der Waals surface area contributed by atoms with Crippen LogP contribution in [0.15, 0.2) is 29.6 Å². The number of carbonyl (C=O) groups excluding carboxylic acids is 1. The Labute approximate surface area is 183 Å². The summed E-state index contributed by atoms with van der Waals surface area (Å²) in [6.45, 7) is 6.08. The Bertz CT molecular complexity index is 763. The van der Waals surface area contributed by atoms with Gasteiger partial charge in [-0.2, -0.15) is 0 Å². The Balaban J connectivity index is 1.16. The molecule has 7 heteroatoms. The Morgan fingerprint density at radius 2 is 1.83 bits per heavy atom. The van der Waals surface area contributed by atoms with Gasteiger partial charge in [0.25, 0.3) is 0 Å². The fourth-order valence-corrected chi connectivity index (χ4v) is 5.13. The molecule has 30 heavy (non-hydrogen) atoms. The topological polar surface area (TPSA) is 61.4 Å². The van der Waals surface area contributed by atoms with Crippen LogP contribution in [-0.4, -0.2) is 60.3 Å². The standard InChI is InChI=1S/C23H33N5OS/c29-23(24-12-6-15-27-13-3-1-2-4-14-27)19-10-16-28(17-11-19)22-9-8-20(25-26-22)21-7-5-18-30-21/h5,7-9,18-19H,1-4,6,10-17H2,(H,24,29). The van der Waals surface area contributed by atoms with Crippen LogP contribution in [-0.2, 0) is 4.79 Å².